The lowest BCUT2D eigenvalue weighted by Gasteiger charge is -2.57. The molecule has 0 aromatic carbocycles. The highest BCUT2D eigenvalue weighted by Gasteiger charge is 2.56. The van der Waals surface area contributed by atoms with Crippen LogP contribution < -0.4 is 0 Å². The zero-order valence-corrected chi connectivity index (χ0v) is 18.3. The molecule has 3 aliphatic rings. The maximum atomic E-state index is 12.7. The first-order valence-electron chi connectivity index (χ1n) is 10.5. The van der Waals surface area contributed by atoms with Crippen LogP contribution in [0.1, 0.15) is 60.8 Å². The molecule has 2 bridgehead atoms. The van der Waals surface area contributed by atoms with Gasteiger partial charge in [-0.15, -0.1) is 0 Å². The van der Waals surface area contributed by atoms with Gasteiger partial charge in [0.1, 0.15) is 0 Å². The van der Waals surface area contributed by atoms with Gasteiger partial charge in [0.2, 0.25) is 0 Å². The van der Waals surface area contributed by atoms with E-state index in [4.69, 9.17) is 0 Å². The van der Waals surface area contributed by atoms with Crippen LogP contribution in [-0.2, 0) is 9.59 Å². The van der Waals surface area contributed by atoms with Crippen LogP contribution in [-0.4, -0.2) is 11.6 Å². The molecule has 0 amide bonds. The number of hydrogen-bond acceptors (Lipinski definition) is 2. The second kappa shape index (κ2) is 7.13. The predicted molar refractivity (Wildman–Crippen MR) is 116 cm³/mol. The Morgan fingerprint density at radius 1 is 1.29 bits per heavy atom. The van der Waals surface area contributed by atoms with Crippen molar-refractivity contribution in [3.8, 4) is 0 Å². The zero-order valence-electron chi connectivity index (χ0n) is 18.3. The molecule has 0 aromatic rings. The van der Waals surface area contributed by atoms with E-state index >= 15 is 0 Å². The molecule has 0 radical (unpaired) electrons. The second-order valence-electron chi connectivity index (χ2n) is 9.70. The van der Waals surface area contributed by atoms with Crippen molar-refractivity contribution < 1.29 is 9.59 Å². The third kappa shape index (κ3) is 3.32. The Labute approximate surface area is 170 Å². The topological polar surface area (TPSA) is 34.1 Å². The summed E-state index contributed by atoms with van der Waals surface area (Å²) < 4.78 is 0. The number of rotatable bonds is 5. The van der Waals surface area contributed by atoms with Crippen molar-refractivity contribution in [1.29, 1.82) is 0 Å². The number of ketones is 2. The third-order valence-electron chi connectivity index (χ3n) is 7.06. The number of Topliss-reactive ketones (excluding diaryl/α,β-unsaturated/α-hetero) is 1. The Morgan fingerprint density at radius 2 is 1.96 bits per heavy atom. The summed E-state index contributed by atoms with van der Waals surface area (Å²) in [6.45, 7) is 17.4. The van der Waals surface area contributed by atoms with Crippen molar-refractivity contribution in [1.82, 2.24) is 0 Å². The van der Waals surface area contributed by atoms with Gasteiger partial charge in [0, 0.05) is 36.0 Å². The van der Waals surface area contributed by atoms with Crippen LogP contribution in [0.2, 0.25) is 0 Å². The van der Waals surface area contributed by atoms with Gasteiger partial charge in [-0.2, -0.15) is 0 Å². The lowest BCUT2D eigenvalue weighted by atomic mass is 9.46. The van der Waals surface area contributed by atoms with Gasteiger partial charge in [-0.25, -0.2) is 0 Å². The summed E-state index contributed by atoms with van der Waals surface area (Å²) in [5, 5.41) is 0. The van der Waals surface area contributed by atoms with Gasteiger partial charge in [0.05, 0.1) is 0 Å². The molecule has 3 aliphatic carbocycles. The number of allylic oxidation sites excluding steroid dienone is 9. The van der Waals surface area contributed by atoms with Gasteiger partial charge in [-0.1, -0.05) is 68.4 Å². The summed E-state index contributed by atoms with van der Waals surface area (Å²) in [4.78, 5) is 24.3. The van der Waals surface area contributed by atoms with Gasteiger partial charge < -0.3 is 0 Å². The Balaban J connectivity index is 2.12. The van der Waals surface area contributed by atoms with Gasteiger partial charge in [0.15, 0.2) is 11.6 Å². The molecule has 0 saturated heterocycles. The summed E-state index contributed by atoms with van der Waals surface area (Å²) in [6, 6.07) is 0. The molecule has 0 N–H and O–H groups in total. The highest BCUT2D eigenvalue weighted by Crippen LogP contribution is 2.63. The number of fused-ring (bicyclic) bond motifs is 2. The van der Waals surface area contributed by atoms with E-state index in [1.807, 2.05) is 13.0 Å². The largest absolute Gasteiger partial charge is 0.295 e. The minimum Gasteiger partial charge on any atom is -0.295 e. The van der Waals surface area contributed by atoms with Crippen LogP contribution >= 0.6 is 0 Å². The number of carbonyl (C=O) groups excluding carboxylic acids is 2. The van der Waals surface area contributed by atoms with E-state index in [2.05, 4.69) is 59.4 Å². The van der Waals surface area contributed by atoms with E-state index in [0.717, 1.165) is 12.0 Å². The monoisotopic (exact) mass is 378 g/mol. The predicted octanol–water partition coefficient (Wildman–Crippen LogP) is 6.17. The average molecular weight is 379 g/mol. The molecular weight excluding hydrogens is 344 g/mol. The molecule has 2 nitrogen and oxygen atoms in total. The molecule has 2 heteroatoms. The fourth-order valence-corrected chi connectivity index (χ4v) is 6.72. The molecule has 0 fully saturated rings. The Kier molecular flexibility index (Phi) is 5.29. The van der Waals surface area contributed by atoms with Gasteiger partial charge in [-0.3, -0.25) is 9.59 Å². The maximum absolute atomic E-state index is 12.7. The van der Waals surface area contributed by atoms with E-state index in [1.54, 1.807) is 6.08 Å². The van der Waals surface area contributed by atoms with E-state index < -0.39 is 0 Å². The lowest BCUT2D eigenvalue weighted by Crippen LogP contribution is -2.51. The molecule has 0 spiro atoms. The minimum atomic E-state index is -0.190. The number of carbonyl (C=O) groups is 2. The SMILES string of the molecule is C=C(C(=O)CC)[C@H]1[C@]2(C)C=C(C)C[C@@]1(C)C=C(C)[C@@H]2/C(C)=C/[C@@H]1C=CC(=O)C1. The van der Waals surface area contributed by atoms with Crippen molar-refractivity contribution >= 4 is 11.6 Å². The van der Waals surface area contributed by atoms with Crippen LogP contribution in [0, 0.1) is 28.6 Å². The Morgan fingerprint density at radius 3 is 2.54 bits per heavy atom. The van der Waals surface area contributed by atoms with Crippen LogP contribution in [0.15, 0.2) is 59.3 Å². The zero-order chi connectivity index (χ0) is 20.9. The molecule has 0 aromatic heterocycles. The van der Waals surface area contributed by atoms with Gasteiger partial charge in [-0.05, 0) is 44.3 Å². The molecule has 5 atom stereocenters. The molecule has 28 heavy (non-hydrogen) atoms. The summed E-state index contributed by atoms with van der Waals surface area (Å²) in [5.74, 6) is 0.870. The van der Waals surface area contributed by atoms with E-state index in [0.29, 0.717) is 12.8 Å². The van der Waals surface area contributed by atoms with Crippen molar-refractivity contribution in [3.05, 3.63) is 59.3 Å². The van der Waals surface area contributed by atoms with Crippen LogP contribution in [0.3, 0.4) is 0 Å². The minimum absolute atomic E-state index is 0.0837. The first-order chi connectivity index (χ1) is 13.0. The van der Waals surface area contributed by atoms with Gasteiger partial charge in [0.25, 0.3) is 0 Å². The summed E-state index contributed by atoms with van der Waals surface area (Å²) in [5.41, 5.74) is 4.54. The maximum Gasteiger partial charge on any atom is 0.158 e. The first kappa shape index (κ1) is 20.8. The Hall–Kier alpha value is -1.96. The van der Waals surface area contributed by atoms with Crippen molar-refractivity contribution in [2.75, 3.05) is 0 Å². The van der Waals surface area contributed by atoms with Crippen molar-refractivity contribution in [2.24, 2.45) is 28.6 Å². The summed E-state index contributed by atoms with van der Waals surface area (Å²) in [7, 11) is 0. The van der Waals surface area contributed by atoms with Crippen LogP contribution in [0.4, 0.5) is 0 Å². The van der Waals surface area contributed by atoms with Crippen LogP contribution in [0.25, 0.3) is 0 Å². The summed E-state index contributed by atoms with van der Waals surface area (Å²) in [6.07, 6.45) is 12.8. The van der Waals surface area contributed by atoms with Crippen molar-refractivity contribution in [3.63, 3.8) is 0 Å². The van der Waals surface area contributed by atoms with E-state index in [-0.39, 0.29) is 40.2 Å². The quantitative estimate of drug-likeness (QED) is 0.423. The number of hydrogen-bond donors (Lipinski definition) is 0. The molecule has 0 heterocycles. The molecule has 0 saturated carbocycles. The lowest BCUT2D eigenvalue weighted by molar-refractivity contribution is -0.117. The van der Waals surface area contributed by atoms with E-state index in [1.165, 1.54) is 16.7 Å². The third-order valence-corrected chi connectivity index (χ3v) is 7.06. The fourth-order valence-electron chi connectivity index (χ4n) is 6.72. The fraction of sp³-hybridized carbons (Fsp3) is 0.538. The standard InChI is InChI=1S/C26H34O2/c1-8-22(28)19(5)24-25(6)13-16(2)14-26(24,7)23(18(4)15-25)17(3)11-20-9-10-21(27)12-20/h9-11,14-15,20,23-24H,5,8,12-13H2,1-4,6-7H3/b17-11+/t20-,23-,24+,25-,26+/m0/s1. The first-order valence-corrected chi connectivity index (χ1v) is 10.5. The van der Waals surface area contributed by atoms with Gasteiger partial charge >= 0.3 is 0 Å². The smallest absolute Gasteiger partial charge is 0.158 e. The second-order valence-corrected chi connectivity index (χ2v) is 9.70. The summed E-state index contributed by atoms with van der Waals surface area (Å²) >= 11 is 0. The molecule has 150 valence electrons. The normalized spacial score (nSPS) is 37.6. The van der Waals surface area contributed by atoms with Crippen molar-refractivity contribution in [2.45, 2.75) is 60.8 Å². The highest BCUT2D eigenvalue weighted by molar-refractivity contribution is 5.95. The Bertz CT molecular complexity index is 850. The molecule has 3 rings (SSSR count). The molecular formula is C26H34O2. The van der Waals surface area contributed by atoms with E-state index in [9.17, 15) is 9.59 Å². The molecule has 0 aliphatic heterocycles. The average Bonchev–Trinajstić information content (AvgIpc) is 2.96. The highest BCUT2D eigenvalue weighted by atomic mass is 16.1. The van der Waals surface area contributed by atoms with Crippen LogP contribution in [0.5, 0.6) is 0 Å². The molecule has 0 unspecified atom stereocenters.